The maximum atomic E-state index is 14.6. The Hall–Kier alpha value is -4.63. The van der Waals surface area contributed by atoms with Gasteiger partial charge in [-0.3, -0.25) is 13.9 Å². The van der Waals surface area contributed by atoms with E-state index in [1.165, 1.54) is 24.1 Å². The summed E-state index contributed by atoms with van der Waals surface area (Å²) in [6, 6.07) is 31.4. The zero-order valence-electron chi connectivity index (χ0n) is 26.3. The van der Waals surface area contributed by atoms with Gasteiger partial charge in [0.25, 0.3) is 10.0 Å². The second kappa shape index (κ2) is 15.1. The first kappa shape index (κ1) is 32.8. The van der Waals surface area contributed by atoms with Crippen LogP contribution in [0.1, 0.15) is 42.4 Å². The van der Waals surface area contributed by atoms with Crippen molar-refractivity contribution in [3.05, 3.63) is 126 Å². The molecule has 240 valence electrons. The number of nitrogens with zero attached hydrogens (tertiary/aromatic N) is 2. The number of carbonyl (C=O) groups is 2. The predicted octanol–water partition coefficient (Wildman–Crippen LogP) is 5.90. The second-order valence-electron chi connectivity index (χ2n) is 11.7. The quantitative estimate of drug-likeness (QED) is 0.197. The van der Waals surface area contributed by atoms with E-state index in [2.05, 4.69) is 5.32 Å². The molecule has 5 rings (SSSR count). The van der Waals surface area contributed by atoms with Gasteiger partial charge in [-0.2, -0.15) is 0 Å². The molecule has 1 aliphatic carbocycles. The largest absolute Gasteiger partial charge is 0.497 e. The van der Waals surface area contributed by atoms with Crippen LogP contribution in [-0.2, 0) is 32.6 Å². The highest BCUT2D eigenvalue weighted by Gasteiger charge is 2.35. The molecule has 8 nitrogen and oxygen atoms in total. The number of ether oxygens (including phenoxy) is 1. The molecule has 1 N–H and O–H groups in total. The molecule has 0 spiro atoms. The number of carbonyl (C=O) groups excluding carboxylic acids is 2. The van der Waals surface area contributed by atoms with Gasteiger partial charge in [0.1, 0.15) is 18.3 Å². The molecule has 2 amide bonds. The molecular formula is C37H41N3O5S. The molecular weight excluding hydrogens is 598 g/mol. The Morgan fingerprint density at radius 1 is 0.848 bits per heavy atom. The van der Waals surface area contributed by atoms with Gasteiger partial charge in [0.2, 0.25) is 11.8 Å². The molecule has 1 fully saturated rings. The van der Waals surface area contributed by atoms with Gasteiger partial charge < -0.3 is 15.0 Å². The van der Waals surface area contributed by atoms with Crippen molar-refractivity contribution in [2.45, 2.75) is 62.6 Å². The Morgan fingerprint density at radius 2 is 1.48 bits per heavy atom. The zero-order chi connectivity index (χ0) is 32.5. The standard InChI is InChI=1S/C37H41N3O5S/c1-28-20-22-34(23-21-28)46(43,44)40(32-18-11-19-33(25-32)45-2)27-36(41)39(26-30-14-7-4-8-15-30)35(24-29-12-5-3-6-13-29)37(42)38-31-16-9-10-17-31/h3-8,11-15,18-23,25,31,35H,9-10,16-17,24,26-27H2,1-2H3,(H,38,42). The smallest absolute Gasteiger partial charge is 0.264 e. The van der Waals surface area contributed by atoms with Gasteiger partial charge in [0.15, 0.2) is 0 Å². The van der Waals surface area contributed by atoms with Crippen molar-refractivity contribution < 1.29 is 22.7 Å². The number of sulfonamides is 1. The Bertz CT molecular complexity index is 1710. The highest BCUT2D eigenvalue weighted by atomic mass is 32.2. The lowest BCUT2D eigenvalue weighted by Crippen LogP contribution is -2.54. The Labute approximate surface area is 272 Å². The van der Waals surface area contributed by atoms with Crippen LogP contribution in [0.4, 0.5) is 5.69 Å². The number of aryl methyl sites for hydroxylation is 1. The third-order valence-electron chi connectivity index (χ3n) is 8.40. The first-order valence-corrected chi connectivity index (χ1v) is 17.1. The van der Waals surface area contributed by atoms with Gasteiger partial charge in [0, 0.05) is 25.1 Å². The van der Waals surface area contributed by atoms with E-state index in [-0.39, 0.29) is 35.5 Å². The van der Waals surface area contributed by atoms with E-state index >= 15 is 0 Å². The van der Waals surface area contributed by atoms with E-state index in [0.717, 1.165) is 46.7 Å². The molecule has 1 saturated carbocycles. The van der Waals surface area contributed by atoms with Crippen molar-refractivity contribution in [2.75, 3.05) is 18.0 Å². The van der Waals surface area contributed by atoms with E-state index < -0.39 is 28.5 Å². The van der Waals surface area contributed by atoms with E-state index in [4.69, 9.17) is 4.74 Å². The maximum absolute atomic E-state index is 14.6. The number of anilines is 1. The molecule has 0 radical (unpaired) electrons. The SMILES string of the molecule is COc1cccc(N(CC(=O)N(Cc2ccccc2)C(Cc2ccccc2)C(=O)NC2CCCC2)S(=O)(=O)c2ccc(C)cc2)c1. The molecule has 0 heterocycles. The number of benzene rings is 4. The van der Waals surface area contributed by atoms with Gasteiger partial charge in [-0.15, -0.1) is 0 Å². The van der Waals surface area contributed by atoms with Crippen molar-refractivity contribution in [1.29, 1.82) is 0 Å². The number of methoxy groups -OCH3 is 1. The monoisotopic (exact) mass is 639 g/mol. The maximum Gasteiger partial charge on any atom is 0.264 e. The van der Waals surface area contributed by atoms with E-state index in [9.17, 15) is 18.0 Å². The van der Waals surface area contributed by atoms with Gasteiger partial charge in [-0.05, 0) is 55.2 Å². The van der Waals surface area contributed by atoms with Crippen LogP contribution >= 0.6 is 0 Å². The highest BCUT2D eigenvalue weighted by Crippen LogP contribution is 2.28. The summed E-state index contributed by atoms with van der Waals surface area (Å²) < 4.78 is 34.9. The first-order chi connectivity index (χ1) is 22.2. The number of hydrogen-bond acceptors (Lipinski definition) is 5. The van der Waals surface area contributed by atoms with Gasteiger partial charge >= 0.3 is 0 Å². The average molecular weight is 640 g/mol. The Morgan fingerprint density at radius 3 is 2.11 bits per heavy atom. The summed E-state index contributed by atoms with van der Waals surface area (Å²) in [5.41, 5.74) is 2.92. The normalized spacial score (nSPS) is 14.0. The van der Waals surface area contributed by atoms with Crippen LogP contribution in [0.2, 0.25) is 0 Å². The van der Waals surface area contributed by atoms with Crippen LogP contribution < -0.4 is 14.4 Å². The molecule has 4 aromatic rings. The van der Waals surface area contributed by atoms with Gasteiger partial charge in [-0.25, -0.2) is 8.42 Å². The summed E-state index contributed by atoms with van der Waals surface area (Å²) in [5, 5.41) is 3.20. The predicted molar refractivity (Wildman–Crippen MR) is 180 cm³/mol. The molecule has 0 saturated heterocycles. The highest BCUT2D eigenvalue weighted by molar-refractivity contribution is 7.92. The van der Waals surface area contributed by atoms with Crippen molar-refractivity contribution in [1.82, 2.24) is 10.2 Å². The molecule has 0 bridgehead atoms. The van der Waals surface area contributed by atoms with Crippen molar-refractivity contribution in [3.8, 4) is 5.75 Å². The summed E-state index contributed by atoms with van der Waals surface area (Å²) in [6.45, 7) is 1.49. The van der Waals surface area contributed by atoms with E-state index in [0.29, 0.717) is 5.75 Å². The molecule has 1 unspecified atom stereocenters. The summed E-state index contributed by atoms with van der Waals surface area (Å²) in [5.74, 6) is -0.285. The van der Waals surface area contributed by atoms with Crippen LogP contribution in [0.15, 0.2) is 114 Å². The topological polar surface area (TPSA) is 96.0 Å². The Kier molecular flexibility index (Phi) is 10.8. The first-order valence-electron chi connectivity index (χ1n) is 15.7. The minimum atomic E-state index is -4.19. The van der Waals surface area contributed by atoms with Crippen LogP contribution in [-0.4, -0.2) is 50.9 Å². The zero-order valence-corrected chi connectivity index (χ0v) is 27.2. The fourth-order valence-corrected chi connectivity index (χ4v) is 7.24. The number of hydrogen-bond donors (Lipinski definition) is 1. The lowest BCUT2D eigenvalue weighted by molar-refractivity contribution is -0.140. The van der Waals surface area contributed by atoms with Crippen molar-refractivity contribution in [2.24, 2.45) is 0 Å². The van der Waals surface area contributed by atoms with Crippen LogP contribution in [0.25, 0.3) is 0 Å². The lowest BCUT2D eigenvalue weighted by atomic mass is 10.0. The molecule has 4 aromatic carbocycles. The third-order valence-corrected chi connectivity index (χ3v) is 10.2. The van der Waals surface area contributed by atoms with Crippen LogP contribution in [0.5, 0.6) is 5.75 Å². The summed E-state index contributed by atoms with van der Waals surface area (Å²) in [7, 11) is -2.69. The second-order valence-corrected chi connectivity index (χ2v) is 13.6. The molecule has 9 heteroatoms. The number of amides is 2. The van der Waals surface area contributed by atoms with Crippen LogP contribution in [0, 0.1) is 6.92 Å². The average Bonchev–Trinajstić information content (AvgIpc) is 3.59. The van der Waals surface area contributed by atoms with E-state index in [1.54, 1.807) is 36.4 Å². The Balaban J connectivity index is 1.56. The van der Waals surface area contributed by atoms with E-state index in [1.807, 2.05) is 67.6 Å². The molecule has 0 aliphatic heterocycles. The fourth-order valence-electron chi connectivity index (χ4n) is 5.83. The summed E-state index contributed by atoms with van der Waals surface area (Å²) >= 11 is 0. The molecule has 1 atom stereocenters. The molecule has 0 aromatic heterocycles. The van der Waals surface area contributed by atoms with Crippen molar-refractivity contribution >= 4 is 27.5 Å². The molecule has 46 heavy (non-hydrogen) atoms. The lowest BCUT2D eigenvalue weighted by Gasteiger charge is -2.34. The minimum absolute atomic E-state index is 0.0506. The summed E-state index contributed by atoms with van der Waals surface area (Å²) in [6.07, 6.45) is 4.17. The minimum Gasteiger partial charge on any atom is -0.497 e. The summed E-state index contributed by atoms with van der Waals surface area (Å²) in [4.78, 5) is 30.3. The fraction of sp³-hybridized carbons (Fsp3) is 0.297. The number of rotatable bonds is 13. The van der Waals surface area contributed by atoms with Crippen molar-refractivity contribution in [3.63, 3.8) is 0 Å². The van der Waals surface area contributed by atoms with Gasteiger partial charge in [0.05, 0.1) is 17.7 Å². The van der Waals surface area contributed by atoms with Gasteiger partial charge in [-0.1, -0.05) is 97.3 Å². The third kappa shape index (κ3) is 8.14. The molecule has 1 aliphatic rings. The number of nitrogens with one attached hydrogen (secondary N) is 1. The van der Waals surface area contributed by atoms with Crippen LogP contribution in [0.3, 0.4) is 0 Å².